The van der Waals surface area contributed by atoms with Crippen molar-refractivity contribution in [3.05, 3.63) is 100 Å². The van der Waals surface area contributed by atoms with Crippen LogP contribution in [0.5, 0.6) is 5.75 Å². The number of benzene rings is 3. The highest BCUT2D eigenvalue weighted by Gasteiger charge is 2.30. The summed E-state index contributed by atoms with van der Waals surface area (Å²) in [6.07, 6.45) is 1.23. The van der Waals surface area contributed by atoms with Gasteiger partial charge in [0.15, 0.2) is 6.61 Å². The van der Waals surface area contributed by atoms with Crippen LogP contribution in [0.2, 0.25) is 0 Å². The Morgan fingerprint density at radius 2 is 1.57 bits per heavy atom. The average Bonchev–Trinajstić information content (AvgIpc) is 2.89. The number of hydrogen-bond donors (Lipinski definition) is 1. The summed E-state index contributed by atoms with van der Waals surface area (Å²) in [5, 5.41) is 3.00. The van der Waals surface area contributed by atoms with Gasteiger partial charge in [-0.15, -0.1) is 0 Å². The Morgan fingerprint density at radius 1 is 0.919 bits per heavy atom. The predicted octanol–water partition coefficient (Wildman–Crippen LogP) is 6.29. The lowest BCUT2D eigenvalue weighted by molar-refractivity contribution is -0.142. The molecule has 0 heterocycles. The molecule has 0 radical (unpaired) electrons. The zero-order chi connectivity index (χ0) is 26.8. The zero-order valence-electron chi connectivity index (χ0n) is 22.2. The van der Waals surface area contributed by atoms with E-state index in [1.54, 1.807) is 4.90 Å². The van der Waals surface area contributed by atoms with Crippen LogP contribution in [-0.2, 0) is 28.0 Å². The fourth-order valence-electron chi connectivity index (χ4n) is 3.99. The van der Waals surface area contributed by atoms with Crippen molar-refractivity contribution in [2.45, 2.75) is 58.5 Å². The monoisotopic (exact) mass is 564 g/mol. The van der Waals surface area contributed by atoms with Crippen molar-refractivity contribution in [1.29, 1.82) is 0 Å². The highest BCUT2D eigenvalue weighted by atomic mass is 79.9. The summed E-state index contributed by atoms with van der Waals surface area (Å²) in [5.74, 6) is 0.223. The lowest BCUT2D eigenvalue weighted by Gasteiger charge is -2.31. The van der Waals surface area contributed by atoms with E-state index in [2.05, 4.69) is 42.0 Å². The van der Waals surface area contributed by atoms with Crippen LogP contribution in [0.25, 0.3) is 0 Å². The van der Waals surface area contributed by atoms with Crippen LogP contribution in [-0.4, -0.2) is 35.9 Å². The highest BCUT2D eigenvalue weighted by molar-refractivity contribution is 9.10. The third-order valence-electron chi connectivity index (χ3n) is 6.17. The molecule has 0 aliphatic carbocycles. The molecule has 0 fully saturated rings. The van der Waals surface area contributed by atoms with Crippen LogP contribution < -0.4 is 10.1 Å². The van der Waals surface area contributed by atoms with E-state index < -0.39 is 6.04 Å². The van der Waals surface area contributed by atoms with Crippen molar-refractivity contribution < 1.29 is 14.3 Å². The van der Waals surface area contributed by atoms with Gasteiger partial charge in [0.25, 0.3) is 5.91 Å². The molecule has 37 heavy (non-hydrogen) atoms. The summed E-state index contributed by atoms with van der Waals surface area (Å²) in [4.78, 5) is 28.6. The van der Waals surface area contributed by atoms with Gasteiger partial charge in [-0.05, 0) is 52.8 Å². The number of nitrogens with one attached hydrogen (secondary N) is 1. The molecule has 0 aliphatic rings. The minimum Gasteiger partial charge on any atom is -0.484 e. The van der Waals surface area contributed by atoms with Gasteiger partial charge in [0.2, 0.25) is 5.91 Å². The van der Waals surface area contributed by atoms with E-state index in [0.29, 0.717) is 25.3 Å². The zero-order valence-corrected chi connectivity index (χ0v) is 23.8. The topological polar surface area (TPSA) is 58.6 Å². The first kappa shape index (κ1) is 28.5. The minimum absolute atomic E-state index is 0.0341. The number of hydrogen-bond acceptors (Lipinski definition) is 3. The Labute approximate surface area is 229 Å². The molecular weight excluding hydrogens is 528 g/mol. The molecule has 3 aromatic rings. The van der Waals surface area contributed by atoms with Gasteiger partial charge >= 0.3 is 0 Å². The van der Waals surface area contributed by atoms with Gasteiger partial charge in [-0.25, -0.2) is 0 Å². The van der Waals surface area contributed by atoms with Gasteiger partial charge in [0.05, 0.1) is 0 Å². The van der Waals surface area contributed by atoms with Crippen LogP contribution in [0.1, 0.15) is 50.8 Å². The first-order valence-corrected chi connectivity index (χ1v) is 13.6. The molecule has 0 unspecified atom stereocenters. The Hall–Kier alpha value is -3.12. The summed E-state index contributed by atoms with van der Waals surface area (Å²) in [7, 11) is 0. The first-order valence-electron chi connectivity index (χ1n) is 12.8. The van der Waals surface area contributed by atoms with Gasteiger partial charge in [-0.2, -0.15) is 0 Å². The van der Waals surface area contributed by atoms with Crippen molar-refractivity contribution in [2.75, 3.05) is 13.2 Å². The van der Waals surface area contributed by atoms with E-state index >= 15 is 0 Å². The molecule has 0 bridgehead atoms. The molecule has 0 spiro atoms. The van der Waals surface area contributed by atoms with E-state index in [9.17, 15) is 9.59 Å². The number of nitrogens with zero attached hydrogens (tertiary/aromatic N) is 1. The molecule has 1 N–H and O–H groups in total. The van der Waals surface area contributed by atoms with Gasteiger partial charge in [0, 0.05) is 24.0 Å². The predicted molar refractivity (Wildman–Crippen MR) is 153 cm³/mol. The summed E-state index contributed by atoms with van der Waals surface area (Å²) < 4.78 is 6.86. The molecule has 0 saturated carbocycles. The molecule has 0 aliphatic heterocycles. The van der Waals surface area contributed by atoms with Crippen LogP contribution in [0.4, 0.5) is 0 Å². The van der Waals surface area contributed by atoms with Crippen molar-refractivity contribution >= 4 is 27.7 Å². The molecule has 2 amide bonds. The molecule has 3 aromatic carbocycles. The van der Waals surface area contributed by atoms with Crippen molar-refractivity contribution in [3.8, 4) is 5.75 Å². The van der Waals surface area contributed by atoms with E-state index in [0.717, 1.165) is 22.0 Å². The third-order valence-corrected chi connectivity index (χ3v) is 6.70. The van der Waals surface area contributed by atoms with Crippen LogP contribution in [0.3, 0.4) is 0 Å². The minimum atomic E-state index is -0.669. The molecule has 3 rings (SSSR count). The smallest absolute Gasteiger partial charge is 0.261 e. The first-order chi connectivity index (χ1) is 17.7. The van der Waals surface area contributed by atoms with E-state index in [1.165, 1.54) is 5.56 Å². The fourth-order valence-corrected chi connectivity index (χ4v) is 4.25. The number of carbonyl (C=O) groups is 2. The van der Waals surface area contributed by atoms with Crippen molar-refractivity contribution in [3.63, 3.8) is 0 Å². The summed E-state index contributed by atoms with van der Waals surface area (Å²) >= 11 is 3.47. The second kappa shape index (κ2) is 13.4. The molecule has 0 saturated heterocycles. The average molecular weight is 566 g/mol. The van der Waals surface area contributed by atoms with Crippen molar-refractivity contribution in [2.24, 2.45) is 0 Å². The van der Waals surface area contributed by atoms with Gasteiger partial charge < -0.3 is 15.0 Å². The SMILES string of the molecule is CCCNC(=O)[C@@H](Cc1ccccc1)N(Cc1ccc(Br)cc1)C(=O)COc1ccc(C(C)(C)C)cc1. The molecular formula is C31H37BrN2O3. The van der Waals surface area contributed by atoms with Gasteiger partial charge in [0.1, 0.15) is 11.8 Å². The summed E-state index contributed by atoms with van der Waals surface area (Å²) in [6, 6.07) is 24.8. The molecule has 196 valence electrons. The lowest BCUT2D eigenvalue weighted by atomic mass is 9.87. The second-order valence-electron chi connectivity index (χ2n) is 10.2. The lowest BCUT2D eigenvalue weighted by Crippen LogP contribution is -2.51. The van der Waals surface area contributed by atoms with Gasteiger partial charge in [-0.1, -0.05) is 98.2 Å². The van der Waals surface area contributed by atoms with E-state index in [4.69, 9.17) is 4.74 Å². The normalized spacial score (nSPS) is 12.0. The number of ether oxygens (including phenoxy) is 1. The second-order valence-corrected chi connectivity index (χ2v) is 11.1. The third kappa shape index (κ3) is 8.74. The molecule has 0 aromatic heterocycles. The molecule has 1 atom stereocenters. The maximum absolute atomic E-state index is 13.6. The number of carbonyl (C=O) groups excluding carboxylic acids is 2. The standard InChI is InChI=1S/C31H37BrN2O3/c1-5-19-33-30(36)28(20-23-9-7-6-8-10-23)34(21-24-11-15-26(32)16-12-24)29(35)22-37-27-17-13-25(14-18-27)31(2,3)4/h6-18,28H,5,19-22H2,1-4H3,(H,33,36)/t28-/m1/s1. The number of amides is 2. The molecule has 6 heteroatoms. The number of halogens is 1. The van der Waals surface area contributed by atoms with Gasteiger partial charge in [-0.3, -0.25) is 9.59 Å². The highest BCUT2D eigenvalue weighted by Crippen LogP contribution is 2.24. The van der Waals surface area contributed by atoms with E-state index in [1.807, 2.05) is 85.8 Å². The summed E-state index contributed by atoms with van der Waals surface area (Å²) in [5.41, 5.74) is 3.16. The maximum atomic E-state index is 13.6. The van der Waals surface area contributed by atoms with Crippen molar-refractivity contribution in [1.82, 2.24) is 10.2 Å². The van der Waals surface area contributed by atoms with Crippen LogP contribution in [0.15, 0.2) is 83.3 Å². The molecule has 5 nitrogen and oxygen atoms in total. The largest absolute Gasteiger partial charge is 0.484 e. The Bertz CT molecular complexity index is 1140. The van der Waals surface area contributed by atoms with E-state index in [-0.39, 0.29) is 23.8 Å². The fraction of sp³-hybridized carbons (Fsp3) is 0.355. The Morgan fingerprint density at radius 3 is 2.16 bits per heavy atom. The van der Waals surface area contributed by atoms with Crippen LogP contribution in [0, 0.1) is 0 Å². The van der Waals surface area contributed by atoms with Crippen LogP contribution >= 0.6 is 15.9 Å². The number of rotatable bonds is 11. The Kier molecular flexibility index (Phi) is 10.3. The Balaban J connectivity index is 1.85. The summed E-state index contributed by atoms with van der Waals surface area (Å²) in [6.45, 7) is 9.18. The maximum Gasteiger partial charge on any atom is 0.261 e. The quantitative estimate of drug-likeness (QED) is 0.297.